The Balaban J connectivity index is 1.80. The molecule has 0 bridgehead atoms. The number of carbonyl (C=O) groups is 1. The first-order valence-corrected chi connectivity index (χ1v) is 5.87. The first-order valence-electron chi connectivity index (χ1n) is 5.87. The van der Waals surface area contributed by atoms with E-state index in [0.717, 1.165) is 18.6 Å². The van der Waals surface area contributed by atoms with Crippen molar-refractivity contribution in [1.29, 1.82) is 0 Å². The molecule has 0 aliphatic heterocycles. The van der Waals surface area contributed by atoms with E-state index in [2.05, 4.69) is 20.5 Å². The molecule has 18 heavy (non-hydrogen) atoms. The molecule has 2 rings (SSSR count). The summed E-state index contributed by atoms with van der Waals surface area (Å²) < 4.78 is 5.23. The van der Waals surface area contributed by atoms with Crippen LogP contribution in [0, 0.1) is 6.92 Å². The van der Waals surface area contributed by atoms with Crippen LogP contribution in [0.1, 0.15) is 35.5 Å². The van der Waals surface area contributed by atoms with Crippen LogP contribution >= 0.6 is 0 Å². The molecule has 0 saturated heterocycles. The number of furan rings is 1. The Morgan fingerprint density at radius 3 is 3.06 bits per heavy atom. The molecule has 2 N–H and O–H groups in total. The molecule has 0 saturated carbocycles. The fraction of sp³-hybridized carbons (Fsp3) is 0.417. The normalized spacial score (nSPS) is 12.3. The molecule has 6 nitrogen and oxygen atoms in total. The Morgan fingerprint density at radius 1 is 1.61 bits per heavy atom. The minimum absolute atomic E-state index is 0.0430. The van der Waals surface area contributed by atoms with Crippen molar-refractivity contribution in [3.05, 3.63) is 35.8 Å². The topological polar surface area (TPSA) is 83.8 Å². The van der Waals surface area contributed by atoms with E-state index in [1.807, 2.05) is 19.1 Å². The molecular weight excluding hydrogens is 232 g/mol. The minimum atomic E-state index is -0.258. The van der Waals surface area contributed by atoms with Crippen LogP contribution in [-0.2, 0) is 6.42 Å². The zero-order valence-electron chi connectivity index (χ0n) is 10.4. The SMILES string of the molecule is Cc1nc(C(=O)NC(C)CCc2ccco2)n[nH]1. The highest BCUT2D eigenvalue weighted by atomic mass is 16.3. The zero-order valence-corrected chi connectivity index (χ0v) is 10.4. The van der Waals surface area contributed by atoms with Gasteiger partial charge in [0.15, 0.2) is 0 Å². The van der Waals surface area contributed by atoms with Crippen molar-refractivity contribution >= 4 is 5.91 Å². The number of nitrogens with zero attached hydrogens (tertiary/aromatic N) is 2. The first-order chi connectivity index (χ1) is 8.65. The molecule has 2 heterocycles. The Morgan fingerprint density at radius 2 is 2.44 bits per heavy atom. The maximum Gasteiger partial charge on any atom is 0.291 e. The van der Waals surface area contributed by atoms with Crippen LogP contribution in [0.3, 0.4) is 0 Å². The summed E-state index contributed by atoms with van der Waals surface area (Å²) in [5, 5.41) is 9.30. The standard InChI is InChI=1S/C12H16N4O2/c1-8(5-6-10-4-3-7-18-10)13-12(17)11-14-9(2)15-16-11/h3-4,7-8H,5-6H2,1-2H3,(H,13,17)(H,14,15,16). The lowest BCUT2D eigenvalue weighted by Crippen LogP contribution is -2.33. The van der Waals surface area contributed by atoms with Gasteiger partial charge in [-0.05, 0) is 32.4 Å². The van der Waals surface area contributed by atoms with Crippen molar-refractivity contribution in [1.82, 2.24) is 20.5 Å². The molecule has 0 spiro atoms. The monoisotopic (exact) mass is 248 g/mol. The lowest BCUT2D eigenvalue weighted by molar-refractivity contribution is 0.0928. The highest BCUT2D eigenvalue weighted by Crippen LogP contribution is 2.06. The molecular formula is C12H16N4O2. The third-order valence-electron chi connectivity index (χ3n) is 2.58. The number of hydrogen-bond donors (Lipinski definition) is 2. The second kappa shape index (κ2) is 5.48. The number of aromatic nitrogens is 3. The summed E-state index contributed by atoms with van der Waals surface area (Å²) >= 11 is 0. The van der Waals surface area contributed by atoms with Gasteiger partial charge >= 0.3 is 0 Å². The largest absolute Gasteiger partial charge is 0.469 e. The van der Waals surface area contributed by atoms with Crippen LogP contribution in [0.2, 0.25) is 0 Å². The number of aromatic amines is 1. The van der Waals surface area contributed by atoms with Gasteiger partial charge < -0.3 is 9.73 Å². The van der Waals surface area contributed by atoms with Gasteiger partial charge in [-0.2, -0.15) is 0 Å². The first kappa shape index (κ1) is 12.3. The summed E-state index contributed by atoms with van der Waals surface area (Å²) in [6, 6.07) is 3.82. The molecule has 0 aliphatic carbocycles. The summed E-state index contributed by atoms with van der Waals surface area (Å²) in [7, 11) is 0. The third kappa shape index (κ3) is 3.19. The number of aryl methyl sites for hydroxylation is 2. The summed E-state index contributed by atoms with van der Waals surface area (Å²) in [6.07, 6.45) is 3.25. The van der Waals surface area contributed by atoms with Gasteiger partial charge in [-0.1, -0.05) is 0 Å². The molecule has 96 valence electrons. The van der Waals surface area contributed by atoms with Crippen molar-refractivity contribution in [2.45, 2.75) is 32.7 Å². The number of hydrogen-bond acceptors (Lipinski definition) is 4. The van der Waals surface area contributed by atoms with Crippen molar-refractivity contribution < 1.29 is 9.21 Å². The Kier molecular flexibility index (Phi) is 3.76. The maximum atomic E-state index is 11.8. The molecule has 0 aliphatic rings. The van der Waals surface area contributed by atoms with Crippen molar-refractivity contribution in [3.63, 3.8) is 0 Å². The second-order valence-corrected chi connectivity index (χ2v) is 4.24. The number of H-pyrrole nitrogens is 1. The van der Waals surface area contributed by atoms with Crippen LogP contribution in [0.5, 0.6) is 0 Å². The van der Waals surface area contributed by atoms with E-state index in [-0.39, 0.29) is 17.8 Å². The van der Waals surface area contributed by atoms with Crippen LogP contribution in [0.15, 0.2) is 22.8 Å². The average Bonchev–Trinajstić information content (AvgIpc) is 2.97. The highest BCUT2D eigenvalue weighted by Gasteiger charge is 2.14. The average molecular weight is 248 g/mol. The Hall–Kier alpha value is -2.11. The lowest BCUT2D eigenvalue weighted by atomic mass is 10.1. The fourth-order valence-electron chi connectivity index (χ4n) is 1.62. The molecule has 0 aromatic carbocycles. The zero-order chi connectivity index (χ0) is 13.0. The van der Waals surface area contributed by atoms with E-state index in [1.54, 1.807) is 13.2 Å². The van der Waals surface area contributed by atoms with Gasteiger partial charge in [0.05, 0.1) is 6.26 Å². The van der Waals surface area contributed by atoms with Gasteiger partial charge in [0.2, 0.25) is 5.82 Å². The molecule has 1 unspecified atom stereocenters. The van der Waals surface area contributed by atoms with Crippen LogP contribution in [0.25, 0.3) is 0 Å². The van der Waals surface area contributed by atoms with E-state index >= 15 is 0 Å². The predicted octanol–water partition coefficient (Wildman–Crippen LogP) is 1.46. The maximum absolute atomic E-state index is 11.8. The molecule has 1 atom stereocenters. The quantitative estimate of drug-likeness (QED) is 0.839. The second-order valence-electron chi connectivity index (χ2n) is 4.24. The van der Waals surface area contributed by atoms with Gasteiger partial charge in [0.25, 0.3) is 5.91 Å². The minimum Gasteiger partial charge on any atom is -0.469 e. The van der Waals surface area contributed by atoms with Crippen LogP contribution in [0.4, 0.5) is 0 Å². The number of carbonyl (C=O) groups excluding carboxylic acids is 1. The van der Waals surface area contributed by atoms with Crippen molar-refractivity contribution in [3.8, 4) is 0 Å². The highest BCUT2D eigenvalue weighted by molar-refractivity contribution is 5.90. The summed E-state index contributed by atoms with van der Waals surface area (Å²) in [5.41, 5.74) is 0. The van der Waals surface area contributed by atoms with Crippen molar-refractivity contribution in [2.24, 2.45) is 0 Å². The van der Waals surface area contributed by atoms with Gasteiger partial charge in [0, 0.05) is 12.5 Å². The molecule has 6 heteroatoms. The molecule has 1 amide bonds. The van der Waals surface area contributed by atoms with Crippen LogP contribution in [-0.4, -0.2) is 27.1 Å². The van der Waals surface area contributed by atoms with E-state index < -0.39 is 0 Å². The molecule has 2 aromatic heterocycles. The van der Waals surface area contributed by atoms with Gasteiger partial charge in [-0.25, -0.2) is 4.98 Å². The smallest absolute Gasteiger partial charge is 0.291 e. The Bertz CT molecular complexity index is 504. The third-order valence-corrected chi connectivity index (χ3v) is 2.58. The molecule has 0 radical (unpaired) electrons. The van der Waals surface area contributed by atoms with Gasteiger partial charge in [-0.15, -0.1) is 5.10 Å². The number of amides is 1. The summed E-state index contributed by atoms with van der Waals surface area (Å²) in [5.74, 6) is 1.47. The predicted molar refractivity (Wildman–Crippen MR) is 65.1 cm³/mol. The van der Waals surface area contributed by atoms with Crippen LogP contribution < -0.4 is 5.32 Å². The van der Waals surface area contributed by atoms with Gasteiger partial charge in [0.1, 0.15) is 11.6 Å². The van der Waals surface area contributed by atoms with E-state index in [4.69, 9.17) is 4.42 Å². The fourth-order valence-corrected chi connectivity index (χ4v) is 1.62. The summed E-state index contributed by atoms with van der Waals surface area (Å²) in [4.78, 5) is 15.7. The van der Waals surface area contributed by atoms with Crippen molar-refractivity contribution in [2.75, 3.05) is 0 Å². The van der Waals surface area contributed by atoms with E-state index in [1.165, 1.54) is 0 Å². The molecule has 0 fully saturated rings. The number of rotatable bonds is 5. The summed E-state index contributed by atoms with van der Waals surface area (Å²) in [6.45, 7) is 3.70. The molecule has 2 aromatic rings. The van der Waals surface area contributed by atoms with Gasteiger partial charge in [-0.3, -0.25) is 9.89 Å². The number of nitrogens with one attached hydrogen (secondary N) is 2. The van der Waals surface area contributed by atoms with E-state index in [9.17, 15) is 4.79 Å². The lowest BCUT2D eigenvalue weighted by Gasteiger charge is -2.11. The van der Waals surface area contributed by atoms with E-state index in [0.29, 0.717) is 5.82 Å². The Labute approximate surface area is 105 Å².